The van der Waals surface area contributed by atoms with Gasteiger partial charge in [-0.3, -0.25) is 53.7 Å². The van der Waals surface area contributed by atoms with Crippen LogP contribution in [0.1, 0.15) is 55.3 Å². The normalized spacial score (nSPS) is 21.6. The second-order valence-corrected chi connectivity index (χ2v) is 20.1. The van der Waals surface area contributed by atoms with Crippen molar-refractivity contribution in [1.29, 1.82) is 0 Å². The molecule has 1 unspecified atom stereocenters. The lowest BCUT2D eigenvalue weighted by molar-refractivity contribution is -0.137. The van der Waals surface area contributed by atoms with E-state index in [1.165, 1.54) is 29.2 Å². The van der Waals surface area contributed by atoms with E-state index < -0.39 is 52.7 Å². The number of amides is 7. The number of piperazine rings is 1. The summed E-state index contributed by atoms with van der Waals surface area (Å²) in [6, 6.07) is 22.5. The summed E-state index contributed by atoms with van der Waals surface area (Å²) in [4.78, 5) is 104. The molecule has 5 aliphatic heterocycles. The van der Waals surface area contributed by atoms with Gasteiger partial charge in [0.15, 0.2) is 0 Å². The fourth-order valence-corrected chi connectivity index (χ4v) is 11.2. The number of aromatic nitrogens is 1. The van der Waals surface area contributed by atoms with E-state index in [9.17, 15) is 38.0 Å². The van der Waals surface area contributed by atoms with E-state index in [1.54, 1.807) is 61.8 Å². The highest BCUT2D eigenvalue weighted by molar-refractivity contribution is 6.17. The number of nitrogens with one attached hydrogen (secondary N) is 5. The van der Waals surface area contributed by atoms with Gasteiger partial charge in [-0.25, -0.2) is 4.39 Å². The Kier molecular flexibility index (Phi) is 12.9. The van der Waals surface area contributed by atoms with E-state index in [4.69, 9.17) is 9.47 Å². The van der Waals surface area contributed by atoms with Gasteiger partial charge in [-0.15, -0.1) is 0 Å². The minimum absolute atomic E-state index is 0.0471. The van der Waals surface area contributed by atoms with Crippen molar-refractivity contribution in [2.24, 2.45) is 11.3 Å². The Hall–Kier alpha value is -7.97. The van der Waals surface area contributed by atoms with E-state index in [2.05, 4.69) is 46.3 Å². The molecule has 11 rings (SSSR count). The van der Waals surface area contributed by atoms with Crippen LogP contribution in [0.4, 0.5) is 32.8 Å². The van der Waals surface area contributed by atoms with E-state index in [-0.39, 0.29) is 54.8 Å². The quantitative estimate of drug-likeness (QED) is 0.0701. The Labute approximate surface area is 425 Å². The van der Waals surface area contributed by atoms with Crippen LogP contribution >= 0.6 is 0 Å². The molecule has 6 aliphatic rings. The minimum atomic E-state index is -1.19. The molecule has 3 atom stereocenters. The van der Waals surface area contributed by atoms with Crippen molar-refractivity contribution in [3.05, 3.63) is 103 Å². The molecule has 0 radical (unpaired) electrons. The van der Waals surface area contributed by atoms with Crippen LogP contribution in [0.2, 0.25) is 0 Å². The van der Waals surface area contributed by atoms with Crippen LogP contribution in [-0.2, 0) is 28.8 Å². The molecule has 382 valence electrons. The molecule has 6 heterocycles. The molecule has 2 bridgehead atoms. The van der Waals surface area contributed by atoms with Gasteiger partial charge < -0.3 is 40.5 Å². The van der Waals surface area contributed by atoms with Gasteiger partial charge in [-0.1, -0.05) is 6.07 Å². The van der Waals surface area contributed by atoms with Crippen molar-refractivity contribution in [2.75, 3.05) is 79.1 Å². The molecule has 5 N–H and O–H groups in total. The van der Waals surface area contributed by atoms with E-state index in [0.717, 1.165) is 68.6 Å². The number of ether oxygens (including phenoxy) is 2. The van der Waals surface area contributed by atoms with Crippen LogP contribution < -0.4 is 41.0 Å². The minimum Gasteiger partial charge on any atom is -0.495 e. The molecule has 7 amide bonds. The van der Waals surface area contributed by atoms with E-state index >= 15 is 0 Å². The van der Waals surface area contributed by atoms with Crippen LogP contribution in [0, 0.1) is 17.2 Å². The monoisotopic (exact) mass is 1010 g/mol. The van der Waals surface area contributed by atoms with Gasteiger partial charge >= 0.3 is 0 Å². The van der Waals surface area contributed by atoms with Crippen LogP contribution in [-0.4, -0.2) is 132 Å². The van der Waals surface area contributed by atoms with Crippen LogP contribution in [0.3, 0.4) is 0 Å². The van der Waals surface area contributed by atoms with Gasteiger partial charge in [-0.2, -0.15) is 0 Å². The Balaban J connectivity index is 0.663. The number of carbonyl (C=O) groups is 7. The first-order valence-electron chi connectivity index (χ1n) is 25.0. The van der Waals surface area contributed by atoms with E-state index in [1.807, 2.05) is 12.1 Å². The Morgan fingerprint density at radius 2 is 1.50 bits per heavy atom. The number of pyridine rings is 1. The highest BCUT2D eigenvalue weighted by Crippen LogP contribution is 2.48. The maximum absolute atomic E-state index is 13.9. The first-order valence-corrected chi connectivity index (χ1v) is 25.0. The topological polar surface area (TPSA) is 224 Å². The Morgan fingerprint density at radius 1 is 0.797 bits per heavy atom. The number of methoxy groups -OCH3 is 1. The SMILES string of the molecule is COc1cc2c(Oc3ccc(NC(=O)C4(C(=O)Nc5ccc(F)cc5)CC4)cc3)ccnc2cc1N1CCC(CN2C[C@@H]3C[C@H]2CN3CC(=O)Nc2cccc3c2C(=O)N(C2CCC(=O)NC2=O)CC(=O)N3)CC1. The van der Waals surface area contributed by atoms with Gasteiger partial charge in [0.1, 0.15) is 41.1 Å². The smallest absolute Gasteiger partial charge is 0.259 e. The summed E-state index contributed by atoms with van der Waals surface area (Å²) < 4.78 is 25.7. The zero-order valence-electron chi connectivity index (χ0n) is 40.7. The molecule has 19 nitrogen and oxygen atoms in total. The largest absolute Gasteiger partial charge is 0.495 e. The number of hydrogen-bond donors (Lipinski definition) is 5. The van der Waals surface area contributed by atoms with Crippen LogP contribution in [0.5, 0.6) is 17.2 Å². The summed E-state index contributed by atoms with van der Waals surface area (Å²) in [6.45, 7) is 4.07. The van der Waals surface area contributed by atoms with Crippen molar-refractivity contribution < 1.29 is 47.4 Å². The first kappa shape index (κ1) is 48.3. The van der Waals surface area contributed by atoms with Gasteiger partial charge in [0.2, 0.25) is 35.4 Å². The first-order chi connectivity index (χ1) is 35.8. The molecule has 1 aromatic heterocycles. The number of halogens is 1. The summed E-state index contributed by atoms with van der Waals surface area (Å²) in [5.41, 5.74) is 2.04. The predicted molar refractivity (Wildman–Crippen MR) is 271 cm³/mol. The second kappa shape index (κ2) is 19.8. The van der Waals surface area contributed by atoms with Crippen LogP contribution in [0.25, 0.3) is 10.9 Å². The fourth-order valence-electron chi connectivity index (χ4n) is 11.2. The summed E-state index contributed by atoms with van der Waals surface area (Å²) in [5, 5.41) is 14.3. The van der Waals surface area contributed by atoms with Gasteiger partial charge in [-0.05, 0) is 123 Å². The molecule has 20 heteroatoms. The highest BCUT2D eigenvalue weighted by atomic mass is 19.1. The maximum Gasteiger partial charge on any atom is 0.259 e. The molecule has 4 saturated heterocycles. The number of rotatable bonds is 14. The number of likely N-dealkylation sites (tertiary alicyclic amines) is 2. The summed E-state index contributed by atoms with van der Waals surface area (Å²) in [7, 11) is 1.66. The summed E-state index contributed by atoms with van der Waals surface area (Å²) in [5.74, 6) is -1.32. The third-order valence-electron chi connectivity index (χ3n) is 15.3. The Bertz CT molecular complexity index is 3090. The van der Waals surface area contributed by atoms with Gasteiger partial charge in [0, 0.05) is 74.2 Å². The fraction of sp³-hybridized carbons (Fsp3) is 0.370. The molecule has 74 heavy (non-hydrogen) atoms. The lowest BCUT2D eigenvalue weighted by atomic mass is 9.95. The number of imide groups is 1. The molecule has 1 saturated carbocycles. The number of benzene rings is 4. The number of piperidine rings is 2. The number of fused-ring (bicyclic) bond motifs is 4. The van der Waals surface area contributed by atoms with Gasteiger partial charge in [0.05, 0.1) is 41.8 Å². The van der Waals surface area contributed by atoms with Crippen molar-refractivity contribution in [2.45, 2.75) is 63.1 Å². The highest BCUT2D eigenvalue weighted by Gasteiger charge is 2.56. The molecule has 5 aromatic rings. The average molecular weight is 1010 g/mol. The third kappa shape index (κ3) is 9.69. The average Bonchev–Trinajstić information content (AvgIpc) is 4.03. The van der Waals surface area contributed by atoms with Crippen molar-refractivity contribution in [3.8, 4) is 17.2 Å². The lowest BCUT2D eigenvalue weighted by Crippen LogP contribution is -2.55. The van der Waals surface area contributed by atoms with Crippen molar-refractivity contribution in [1.82, 2.24) is 25.0 Å². The van der Waals surface area contributed by atoms with Crippen LogP contribution in [0.15, 0.2) is 91.1 Å². The molecule has 5 fully saturated rings. The van der Waals surface area contributed by atoms with Gasteiger partial charge in [0.25, 0.3) is 5.91 Å². The molecule has 0 spiro atoms. The number of hydrogen-bond acceptors (Lipinski definition) is 13. The number of carbonyl (C=O) groups excluding carboxylic acids is 7. The molecule has 1 aliphatic carbocycles. The lowest BCUT2D eigenvalue weighted by Gasteiger charge is -2.39. The van der Waals surface area contributed by atoms with Crippen molar-refractivity contribution in [3.63, 3.8) is 0 Å². The zero-order chi connectivity index (χ0) is 51.3. The second-order valence-electron chi connectivity index (χ2n) is 20.1. The molecular weight excluding hydrogens is 952 g/mol. The summed E-state index contributed by atoms with van der Waals surface area (Å²) >= 11 is 0. The Morgan fingerprint density at radius 3 is 2.18 bits per heavy atom. The number of anilines is 5. The summed E-state index contributed by atoms with van der Waals surface area (Å²) in [6.07, 6.45) is 5.65. The molecule has 4 aromatic carbocycles. The number of nitrogens with zero attached hydrogens (tertiary/aromatic N) is 5. The zero-order valence-corrected chi connectivity index (χ0v) is 40.7. The molecular formula is C54H55FN10O9. The van der Waals surface area contributed by atoms with E-state index in [0.29, 0.717) is 53.4 Å². The predicted octanol–water partition coefficient (Wildman–Crippen LogP) is 5.35. The maximum atomic E-state index is 13.9. The standard InChI is InChI=1S/C54H55FN10O9/c1-73-45-24-38-41(56-20-15-44(38)74-37-11-9-34(10-12-37)58-53(72)54(18-19-54)52(71)57-33-7-5-32(55)6-8-33)25-43(45)62-21-16-31(17-22-62)26-63-27-36-23-35(63)28-64(36)29-47(67)59-39-3-2-4-40-49(39)51(70)65(30-48(68)60-40)42-13-14-46(66)61-50(42)69/h2-12,15,20,24-25,31,35-36,42H,13-14,16-19,21-23,26-30H2,1H3,(H,57,71)(H,58,72)(H,59,67)(H,60,68)(H,61,66,69)/t35-,36-,42?/m0/s1. The van der Waals surface area contributed by atoms with Crippen molar-refractivity contribution >= 4 is 80.7 Å². The third-order valence-corrected chi connectivity index (χ3v) is 15.3.